The highest BCUT2D eigenvalue weighted by Crippen LogP contribution is 2.40. The molecule has 3 aliphatic rings. The van der Waals surface area contributed by atoms with E-state index in [1.54, 1.807) is 25.2 Å². The molecule has 1 aromatic carbocycles. The van der Waals surface area contributed by atoms with Crippen LogP contribution in [0.15, 0.2) is 24.3 Å². The van der Waals surface area contributed by atoms with E-state index in [1.165, 1.54) is 11.8 Å². The molecule has 1 atom stereocenters. The van der Waals surface area contributed by atoms with Crippen molar-refractivity contribution in [2.45, 2.75) is 25.6 Å². The Morgan fingerprint density at radius 3 is 2.51 bits per heavy atom. The number of pyridine rings is 1. The van der Waals surface area contributed by atoms with Gasteiger partial charge in [-0.2, -0.15) is 18.4 Å². The number of aromatic nitrogens is 1. The number of aryl methyl sites for hydroxylation is 1. The summed E-state index contributed by atoms with van der Waals surface area (Å²) in [4.78, 5) is 26.1. The van der Waals surface area contributed by atoms with Crippen LogP contribution in [0.3, 0.4) is 0 Å². The van der Waals surface area contributed by atoms with Gasteiger partial charge in [0, 0.05) is 69.0 Å². The standard InChI is InChI=1S/C27H31ClF3N7O/c1-17-10-20(27(29,30)31)19(12-32)24(33-17)34-21-6-7-38(9-8-37-15-26(16-37)13-35(2)14-26)23-11-18(28)4-5-22(23)36(3)25(21)39/h4-5,10-11,21H,6-9,13-16H2,1-3H3,(H,33,34). The monoisotopic (exact) mass is 561 g/mol. The molecule has 0 bridgehead atoms. The molecule has 1 amide bonds. The Balaban J connectivity index is 1.39. The highest BCUT2D eigenvalue weighted by Gasteiger charge is 2.50. The van der Waals surface area contributed by atoms with E-state index in [-0.39, 0.29) is 17.4 Å². The molecular formula is C27H31ClF3N7O. The van der Waals surface area contributed by atoms with Gasteiger partial charge in [-0.25, -0.2) is 4.98 Å². The quantitative estimate of drug-likeness (QED) is 0.594. The summed E-state index contributed by atoms with van der Waals surface area (Å²) in [5.74, 6) is -0.575. The zero-order chi connectivity index (χ0) is 28.1. The van der Waals surface area contributed by atoms with Crippen LogP contribution in [0.1, 0.15) is 23.2 Å². The highest BCUT2D eigenvalue weighted by molar-refractivity contribution is 6.31. The van der Waals surface area contributed by atoms with Gasteiger partial charge in [-0.3, -0.25) is 4.79 Å². The summed E-state index contributed by atoms with van der Waals surface area (Å²) in [5.41, 5.74) is 0.317. The van der Waals surface area contributed by atoms with Crippen LogP contribution in [0.25, 0.3) is 0 Å². The predicted octanol–water partition coefficient (Wildman–Crippen LogP) is 3.83. The number of alkyl halides is 3. The molecule has 1 aromatic heterocycles. The van der Waals surface area contributed by atoms with E-state index >= 15 is 0 Å². The van der Waals surface area contributed by atoms with E-state index in [2.05, 4.69) is 32.0 Å². The average molecular weight is 562 g/mol. The number of benzene rings is 1. The molecule has 2 saturated heterocycles. The number of nitrogens with one attached hydrogen (secondary N) is 1. The summed E-state index contributed by atoms with van der Waals surface area (Å²) in [7, 11) is 3.77. The fourth-order valence-corrected chi connectivity index (χ4v) is 6.35. The molecule has 0 aliphatic carbocycles. The van der Waals surface area contributed by atoms with Crippen LogP contribution < -0.4 is 15.1 Å². The summed E-state index contributed by atoms with van der Waals surface area (Å²) in [6.45, 7) is 7.82. The summed E-state index contributed by atoms with van der Waals surface area (Å²) in [6, 6.07) is 6.93. The second-order valence-corrected chi connectivity index (χ2v) is 11.5. The van der Waals surface area contributed by atoms with Crippen molar-refractivity contribution in [3.05, 3.63) is 46.1 Å². The van der Waals surface area contributed by atoms with Crippen molar-refractivity contribution in [1.82, 2.24) is 14.8 Å². The minimum absolute atomic E-state index is 0.0991. The Hall–Kier alpha value is -3.07. The molecule has 208 valence electrons. The first-order valence-electron chi connectivity index (χ1n) is 12.9. The molecule has 2 fully saturated rings. The van der Waals surface area contributed by atoms with Gasteiger partial charge >= 0.3 is 6.18 Å². The Kier molecular flexibility index (Phi) is 7.16. The molecule has 12 heteroatoms. The number of hydrogen-bond acceptors (Lipinski definition) is 7. The van der Waals surface area contributed by atoms with Gasteiger partial charge in [-0.05, 0) is 44.7 Å². The average Bonchev–Trinajstić information content (AvgIpc) is 2.83. The van der Waals surface area contributed by atoms with Gasteiger partial charge in [0.25, 0.3) is 0 Å². The van der Waals surface area contributed by atoms with E-state index < -0.39 is 23.3 Å². The second-order valence-electron chi connectivity index (χ2n) is 11.0. The molecule has 1 N–H and O–H groups in total. The molecule has 39 heavy (non-hydrogen) atoms. The molecule has 1 spiro atoms. The van der Waals surface area contributed by atoms with Gasteiger partial charge in [0.05, 0.1) is 16.9 Å². The fraction of sp³-hybridized carbons (Fsp3) is 0.519. The second kappa shape index (κ2) is 10.2. The van der Waals surface area contributed by atoms with Gasteiger partial charge in [0.15, 0.2) is 0 Å². The third-order valence-corrected chi connectivity index (χ3v) is 8.08. The van der Waals surface area contributed by atoms with E-state index in [1.807, 2.05) is 6.07 Å². The number of hydrogen-bond donors (Lipinski definition) is 1. The molecule has 0 saturated carbocycles. The molecule has 0 radical (unpaired) electrons. The maximum Gasteiger partial charge on any atom is 0.417 e. The number of carbonyl (C=O) groups is 1. The SMILES string of the molecule is Cc1cc(C(F)(F)F)c(C#N)c(NC2CCN(CCN3CC4(CN(C)C4)C3)c3cc(Cl)ccc3N(C)C2=O)n1. The largest absolute Gasteiger partial charge is 0.417 e. The van der Waals surface area contributed by atoms with E-state index in [0.29, 0.717) is 35.6 Å². The number of anilines is 3. The first kappa shape index (κ1) is 27.5. The predicted molar refractivity (Wildman–Crippen MR) is 144 cm³/mol. The number of likely N-dealkylation sites (N-methyl/N-ethyl adjacent to an activating group) is 1. The highest BCUT2D eigenvalue weighted by atomic mass is 35.5. The molecule has 2 aromatic rings. The third-order valence-electron chi connectivity index (χ3n) is 7.85. The van der Waals surface area contributed by atoms with Crippen LogP contribution in [-0.4, -0.2) is 86.6 Å². The van der Waals surface area contributed by atoms with Crippen molar-refractivity contribution in [2.24, 2.45) is 5.41 Å². The zero-order valence-electron chi connectivity index (χ0n) is 22.1. The third kappa shape index (κ3) is 5.38. The van der Waals surface area contributed by atoms with Crippen molar-refractivity contribution in [3.8, 4) is 6.07 Å². The van der Waals surface area contributed by atoms with Crippen molar-refractivity contribution in [2.75, 3.05) is 75.0 Å². The minimum atomic E-state index is -4.73. The van der Waals surface area contributed by atoms with Crippen LogP contribution in [0.5, 0.6) is 0 Å². The van der Waals surface area contributed by atoms with Crippen molar-refractivity contribution in [1.29, 1.82) is 5.26 Å². The van der Waals surface area contributed by atoms with E-state index in [4.69, 9.17) is 11.6 Å². The number of amides is 1. The van der Waals surface area contributed by atoms with Crippen molar-refractivity contribution < 1.29 is 18.0 Å². The van der Waals surface area contributed by atoms with E-state index in [0.717, 1.165) is 44.5 Å². The minimum Gasteiger partial charge on any atom is -0.368 e. The van der Waals surface area contributed by atoms with Gasteiger partial charge < -0.3 is 24.9 Å². The number of nitriles is 1. The number of fused-ring (bicyclic) bond motifs is 1. The van der Waals surface area contributed by atoms with Gasteiger partial charge in [-0.1, -0.05) is 11.6 Å². The number of likely N-dealkylation sites (tertiary alicyclic amines) is 2. The molecule has 5 rings (SSSR count). The zero-order valence-corrected chi connectivity index (χ0v) is 22.9. The van der Waals surface area contributed by atoms with Crippen molar-refractivity contribution in [3.63, 3.8) is 0 Å². The lowest BCUT2D eigenvalue weighted by molar-refractivity contribution is -0.137. The molecule has 4 heterocycles. The molecule has 3 aliphatic heterocycles. The summed E-state index contributed by atoms with van der Waals surface area (Å²) < 4.78 is 41.0. The van der Waals surface area contributed by atoms with Crippen LogP contribution in [0.2, 0.25) is 5.02 Å². The normalized spacial score (nSPS) is 21.5. The maximum absolute atomic E-state index is 13.7. The molecule has 8 nitrogen and oxygen atoms in total. The topological polar surface area (TPSA) is 78.7 Å². The van der Waals surface area contributed by atoms with Gasteiger partial charge in [0.1, 0.15) is 23.5 Å². The smallest absolute Gasteiger partial charge is 0.368 e. The summed E-state index contributed by atoms with van der Waals surface area (Å²) in [6.07, 6.45) is -4.43. The molecule has 1 unspecified atom stereocenters. The lowest BCUT2D eigenvalue weighted by atomic mass is 9.73. The van der Waals surface area contributed by atoms with Gasteiger partial charge in [0.2, 0.25) is 5.91 Å². The van der Waals surface area contributed by atoms with E-state index in [9.17, 15) is 23.2 Å². The number of rotatable bonds is 5. The summed E-state index contributed by atoms with van der Waals surface area (Å²) in [5, 5.41) is 13.0. The first-order valence-corrected chi connectivity index (χ1v) is 13.3. The summed E-state index contributed by atoms with van der Waals surface area (Å²) >= 11 is 6.35. The van der Waals surface area contributed by atoms with Gasteiger partial charge in [-0.15, -0.1) is 0 Å². The lowest BCUT2D eigenvalue weighted by Gasteiger charge is -2.60. The Bertz CT molecular complexity index is 1310. The fourth-order valence-electron chi connectivity index (χ4n) is 6.18. The van der Waals surface area contributed by atoms with Crippen molar-refractivity contribution >= 4 is 34.7 Å². The Labute approximate surface area is 230 Å². The van der Waals surface area contributed by atoms with Crippen LogP contribution in [0, 0.1) is 23.7 Å². The first-order chi connectivity index (χ1) is 18.4. The maximum atomic E-state index is 13.7. The lowest BCUT2D eigenvalue weighted by Crippen LogP contribution is -2.71. The Morgan fingerprint density at radius 1 is 1.15 bits per heavy atom. The number of nitrogens with zero attached hydrogens (tertiary/aromatic N) is 6. The molecular weight excluding hydrogens is 531 g/mol. The number of carbonyl (C=O) groups excluding carboxylic acids is 1. The van der Waals surface area contributed by atoms with Crippen LogP contribution in [-0.2, 0) is 11.0 Å². The van der Waals surface area contributed by atoms with Crippen LogP contribution >= 0.6 is 11.6 Å². The van der Waals surface area contributed by atoms with Crippen LogP contribution in [0.4, 0.5) is 30.4 Å². The Morgan fingerprint density at radius 2 is 1.87 bits per heavy atom. The number of halogens is 4.